The first kappa shape index (κ1) is 18.0. The molecule has 0 bridgehead atoms. The highest BCUT2D eigenvalue weighted by atomic mass is 35.5. The molecular formula is C21H23ClN4O. The summed E-state index contributed by atoms with van der Waals surface area (Å²) in [5.41, 5.74) is 3.48. The van der Waals surface area contributed by atoms with Gasteiger partial charge in [0.2, 0.25) is 11.7 Å². The van der Waals surface area contributed by atoms with E-state index in [0.29, 0.717) is 18.3 Å². The third kappa shape index (κ3) is 4.31. The highest BCUT2D eigenvalue weighted by Crippen LogP contribution is 2.22. The second-order valence-corrected chi connectivity index (χ2v) is 7.24. The summed E-state index contributed by atoms with van der Waals surface area (Å²) in [7, 11) is 0. The molecule has 0 unspecified atom stereocenters. The monoisotopic (exact) mass is 382 g/mol. The fourth-order valence-electron chi connectivity index (χ4n) is 3.35. The van der Waals surface area contributed by atoms with E-state index < -0.39 is 0 Å². The second-order valence-electron chi connectivity index (χ2n) is 6.81. The van der Waals surface area contributed by atoms with Gasteiger partial charge in [-0.2, -0.15) is 4.98 Å². The SMILES string of the molecule is CCc1ccc(-c2noc(CN3CCN(c4cccc(Cl)c4)CC3)n2)cc1. The molecule has 1 fully saturated rings. The van der Waals surface area contributed by atoms with E-state index in [9.17, 15) is 0 Å². The Morgan fingerprint density at radius 1 is 1.04 bits per heavy atom. The minimum atomic E-state index is 0.658. The summed E-state index contributed by atoms with van der Waals surface area (Å²) in [5, 5.41) is 4.92. The van der Waals surface area contributed by atoms with E-state index in [1.807, 2.05) is 18.2 Å². The summed E-state index contributed by atoms with van der Waals surface area (Å²) in [6.45, 7) is 6.65. The number of halogens is 1. The highest BCUT2D eigenvalue weighted by Gasteiger charge is 2.20. The molecule has 2 heterocycles. The lowest BCUT2D eigenvalue weighted by atomic mass is 10.1. The second kappa shape index (κ2) is 8.11. The van der Waals surface area contributed by atoms with Gasteiger partial charge in [-0.25, -0.2) is 0 Å². The number of benzene rings is 2. The summed E-state index contributed by atoms with van der Waals surface area (Å²) >= 11 is 6.11. The number of hydrogen-bond acceptors (Lipinski definition) is 5. The average molecular weight is 383 g/mol. The molecule has 0 saturated carbocycles. The Kier molecular flexibility index (Phi) is 5.41. The first-order chi connectivity index (χ1) is 13.2. The van der Waals surface area contributed by atoms with Crippen LogP contribution in [0.5, 0.6) is 0 Å². The van der Waals surface area contributed by atoms with Crippen molar-refractivity contribution in [3.63, 3.8) is 0 Å². The smallest absolute Gasteiger partial charge is 0.241 e. The van der Waals surface area contributed by atoms with Crippen molar-refractivity contribution in [3.8, 4) is 11.4 Å². The predicted molar refractivity (Wildman–Crippen MR) is 108 cm³/mol. The van der Waals surface area contributed by atoms with Gasteiger partial charge in [-0.05, 0) is 30.2 Å². The molecule has 0 atom stereocenters. The maximum Gasteiger partial charge on any atom is 0.241 e. The van der Waals surface area contributed by atoms with Gasteiger partial charge >= 0.3 is 0 Å². The largest absolute Gasteiger partial charge is 0.369 e. The molecule has 0 aliphatic carbocycles. The van der Waals surface area contributed by atoms with Crippen LogP contribution in [0, 0.1) is 0 Å². The Bertz CT molecular complexity index is 885. The first-order valence-corrected chi connectivity index (χ1v) is 9.74. The predicted octanol–water partition coefficient (Wildman–Crippen LogP) is 4.27. The number of rotatable bonds is 5. The molecule has 1 aromatic heterocycles. The van der Waals surface area contributed by atoms with Gasteiger partial charge in [0, 0.05) is 42.5 Å². The summed E-state index contributed by atoms with van der Waals surface area (Å²) in [6.07, 6.45) is 1.03. The van der Waals surface area contributed by atoms with Crippen LogP contribution < -0.4 is 4.90 Å². The van der Waals surface area contributed by atoms with Gasteiger partial charge in [0.15, 0.2) is 0 Å². The van der Waals surface area contributed by atoms with Gasteiger partial charge < -0.3 is 9.42 Å². The van der Waals surface area contributed by atoms with Gasteiger partial charge in [0.1, 0.15) is 0 Å². The van der Waals surface area contributed by atoms with Gasteiger partial charge in [0.05, 0.1) is 6.54 Å². The lowest BCUT2D eigenvalue weighted by Crippen LogP contribution is -2.46. The van der Waals surface area contributed by atoms with Crippen LogP contribution in [0.25, 0.3) is 11.4 Å². The Balaban J connectivity index is 1.35. The van der Waals surface area contributed by atoms with E-state index in [0.717, 1.165) is 43.2 Å². The molecule has 0 spiro atoms. The van der Waals surface area contributed by atoms with Gasteiger partial charge in [-0.1, -0.05) is 54.0 Å². The molecule has 4 rings (SSSR count). The van der Waals surface area contributed by atoms with E-state index in [1.54, 1.807) is 0 Å². The Hall–Kier alpha value is -2.37. The lowest BCUT2D eigenvalue weighted by molar-refractivity contribution is 0.215. The normalized spacial score (nSPS) is 15.3. The van der Waals surface area contributed by atoms with Crippen molar-refractivity contribution in [1.82, 2.24) is 15.0 Å². The molecule has 140 valence electrons. The zero-order valence-electron chi connectivity index (χ0n) is 15.4. The maximum atomic E-state index is 6.11. The zero-order valence-corrected chi connectivity index (χ0v) is 16.2. The lowest BCUT2D eigenvalue weighted by Gasteiger charge is -2.35. The van der Waals surface area contributed by atoms with Crippen molar-refractivity contribution < 1.29 is 4.52 Å². The fourth-order valence-corrected chi connectivity index (χ4v) is 3.54. The maximum absolute atomic E-state index is 6.11. The van der Waals surface area contributed by atoms with Crippen LogP contribution in [0.1, 0.15) is 18.4 Å². The highest BCUT2D eigenvalue weighted by molar-refractivity contribution is 6.30. The summed E-state index contributed by atoms with van der Waals surface area (Å²) in [6, 6.07) is 16.4. The number of nitrogens with zero attached hydrogens (tertiary/aromatic N) is 4. The molecule has 27 heavy (non-hydrogen) atoms. The quantitative estimate of drug-likeness (QED) is 0.659. The molecule has 0 amide bonds. The van der Waals surface area contributed by atoms with Crippen LogP contribution in [0.15, 0.2) is 53.1 Å². The molecule has 3 aromatic rings. The fraction of sp³-hybridized carbons (Fsp3) is 0.333. The Morgan fingerprint density at radius 3 is 2.52 bits per heavy atom. The van der Waals surface area contributed by atoms with E-state index in [2.05, 4.69) is 57.2 Å². The van der Waals surface area contributed by atoms with Crippen molar-refractivity contribution in [2.75, 3.05) is 31.1 Å². The van der Waals surface area contributed by atoms with Crippen molar-refractivity contribution in [1.29, 1.82) is 0 Å². The van der Waals surface area contributed by atoms with Crippen LogP contribution in [-0.2, 0) is 13.0 Å². The number of aryl methyl sites for hydroxylation is 1. The molecule has 1 aliphatic heterocycles. The molecule has 6 heteroatoms. The standard InChI is InChI=1S/C21H23ClN4O/c1-2-16-6-8-17(9-7-16)21-23-20(27-24-21)15-25-10-12-26(13-11-25)19-5-3-4-18(22)14-19/h3-9,14H,2,10-13,15H2,1H3. The first-order valence-electron chi connectivity index (χ1n) is 9.36. The molecule has 5 nitrogen and oxygen atoms in total. The van der Waals surface area contributed by atoms with Crippen LogP contribution in [0.4, 0.5) is 5.69 Å². The average Bonchev–Trinajstić information content (AvgIpc) is 3.17. The third-order valence-electron chi connectivity index (χ3n) is 4.99. The number of aromatic nitrogens is 2. The van der Waals surface area contributed by atoms with E-state index in [-0.39, 0.29) is 0 Å². The Morgan fingerprint density at radius 2 is 1.81 bits per heavy atom. The summed E-state index contributed by atoms with van der Waals surface area (Å²) in [4.78, 5) is 9.27. The third-order valence-corrected chi connectivity index (χ3v) is 5.23. The van der Waals surface area contributed by atoms with E-state index in [1.165, 1.54) is 11.3 Å². The van der Waals surface area contributed by atoms with Gasteiger partial charge in [0.25, 0.3) is 0 Å². The molecule has 1 aliphatic rings. The number of hydrogen-bond donors (Lipinski definition) is 0. The van der Waals surface area contributed by atoms with Gasteiger partial charge in [-0.3, -0.25) is 4.90 Å². The topological polar surface area (TPSA) is 45.4 Å². The zero-order chi connectivity index (χ0) is 18.6. The summed E-state index contributed by atoms with van der Waals surface area (Å²) < 4.78 is 5.47. The van der Waals surface area contributed by atoms with Crippen molar-refractivity contribution >= 4 is 17.3 Å². The van der Waals surface area contributed by atoms with E-state index >= 15 is 0 Å². The minimum absolute atomic E-state index is 0.658. The Labute approximate surface area is 164 Å². The van der Waals surface area contributed by atoms with Crippen LogP contribution >= 0.6 is 11.6 Å². The number of piperazine rings is 1. The molecule has 0 N–H and O–H groups in total. The van der Waals surface area contributed by atoms with Crippen molar-refractivity contribution in [2.45, 2.75) is 19.9 Å². The van der Waals surface area contributed by atoms with Crippen molar-refractivity contribution in [3.05, 3.63) is 65.0 Å². The molecule has 1 saturated heterocycles. The molecular weight excluding hydrogens is 360 g/mol. The van der Waals surface area contributed by atoms with Crippen LogP contribution in [-0.4, -0.2) is 41.2 Å². The van der Waals surface area contributed by atoms with Gasteiger partial charge in [-0.15, -0.1) is 0 Å². The number of anilines is 1. The molecule has 2 aromatic carbocycles. The van der Waals surface area contributed by atoms with Crippen molar-refractivity contribution in [2.24, 2.45) is 0 Å². The summed E-state index contributed by atoms with van der Waals surface area (Å²) in [5.74, 6) is 1.32. The van der Waals surface area contributed by atoms with Crippen LogP contribution in [0.2, 0.25) is 5.02 Å². The molecule has 0 radical (unpaired) electrons. The minimum Gasteiger partial charge on any atom is -0.369 e. The van der Waals surface area contributed by atoms with Crippen LogP contribution in [0.3, 0.4) is 0 Å². The van der Waals surface area contributed by atoms with E-state index in [4.69, 9.17) is 16.1 Å².